The standard InChI is InChI=1S/C16H18N2O5/c1-12-10-16(19)17(11-15(12)18(20)21)8-3-9-23-14-6-4-13(22-2)5-7-14/h4-7,10-11H,3,8-9H2,1-2H3. The molecule has 0 aliphatic carbocycles. The van der Waals surface area contributed by atoms with Crippen molar-refractivity contribution in [2.45, 2.75) is 19.9 Å². The van der Waals surface area contributed by atoms with Gasteiger partial charge in [-0.25, -0.2) is 0 Å². The Bertz CT molecular complexity index is 737. The second kappa shape index (κ2) is 7.44. The van der Waals surface area contributed by atoms with Gasteiger partial charge in [0.1, 0.15) is 11.5 Å². The van der Waals surface area contributed by atoms with E-state index in [1.165, 1.54) is 16.8 Å². The van der Waals surface area contributed by atoms with Gasteiger partial charge in [-0.15, -0.1) is 0 Å². The van der Waals surface area contributed by atoms with Crippen LogP contribution in [0.2, 0.25) is 0 Å². The van der Waals surface area contributed by atoms with E-state index in [0.717, 1.165) is 5.75 Å². The SMILES string of the molecule is COc1ccc(OCCCn2cc([N+](=O)[O-])c(C)cc2=O)cc1. The van der Waals surface area contributed by atoms with Gasteiger partial charge in [-0.3, -0.25) is 14.9 Å². The molecule has 0 aliphatic heterocycles. The van der Waals surface area contributed by atoms with Crippen molar-refractivity contribution in [2.24, 2.45) is 0 Å². The Morgan fingerprint density at radius 2 is 1.87 bits per heavy atom. The van der Waals surface area contributed by atoms with Gasteiger partial charge in [-0.2, -0.15) is 0 Å². The minimum Gasteiger partial charge on any atom is -0.497 e. The van der Waals surface area contributed by atoms with Crippen LogP contribution in [0.5, 0.6) is 11.5 Å². The molecule has 1 heterocycles. The maximum absolute atomic E-state index is 11.8. The Balaban J connectivity index is 1.92. The highest BCUT2D eigenvalue weighted by atomic mass is 16.6. The molecule has 0 saturated heterocycles. The Morgan fingerprint density at radius 3 is 2.48 bits per heavy atom. The largest absolute Gasteiger partial charge is 0.497 e. The minimum atomic E-state index is -0.487. The third-order valence-electron chi connectivity index (χ3n) is 3.37. The fourth-order valence-electron chi connectivity index (χ4n) is 2.12. The van der Waals surface area contributed by atoms with Gasteiger partial charge < -0.3 is 14.0 Å². The van der Waals surface area contributed by atoms with Gasteiger partial charge in [0, 0.05) is 18.2 Å². The lowest BCUT2D eigenvalue weighted by Gasteiger charge is -2.09. The highest BCUT2D eigenvalue weighted by Crippen LogP contribution is 2.17. The van der Waals surface area contributed by atoms with Gasteiger partial charge in [-0.05, 0) is 37.6 Å². The molecule has 0 saturated carbocycles. The molecule has 0 aliphatic rings. The summed E-state index contributed by atoms with van der Waals surface area (Å²) in [7, 11) is 1.59. The van der Waals surface area contributed by atoms with Gasteiger partial charge in [0.2, 0.25) is 0 Å². The number of aromatic nitrogens is 1. The highest BCUT2D eigenvalue weighted by Gasteiger charge is 2.12. The van der Waals surface area contributed by atoms with Crippen LogP contribution in [0.4, 0.5) is 5.69 Å². The van der Waals surface area contributed by atoms with Crippen LogP contribution in [0.1, 0.15) is 12.0 Å². The Kier molecular flexibility index (Phi) is 5.35. The Labute approximate surface area is 133 Å². The van der Waals surface area contributed by atoms with Gasteiger partial charge >= 0.3 is 0 Å². The number of ether oxygens (including phenoxy) is 2. The van der Waals surface area contributed by atoms with E-state index in [0.29, 0.717) is 30.9 Å². The van der Waals surface area contributed by atoms with E-state index in [-0.39, 0.29) is 11.2 Å². The lowest BCUT2D eigenvalue weighted by molar-refractivity contribution is -0.385. The van der Waals surface area contributed by atoms with Crippen LogP contribution in [-0.2, 0) is 6.54 Å². The summed E-state index contributed by atoms with van der Waals surface area (Å²) >= 11 is 0. The van der Waals surface area contributed by atoms with Gasteiger partial charge in [0.05, 0.1) is 24.8 Å². The molecule has 0 amide bonds. The Morgan fingerprint density at radius 1 is 1.22 bits per heavy atom. The minimum absolute atomic E-state index is 0.0549. The monoisotopic (exact) mass is 318 g/mol. The fraction of sp³-hybridized carbons (Fsp3) is 0.312. The molecule has 1 aromatic carbocycles. The third-order valence-corrected chi connectivity index (χ3v) is 3.37. The molecule has 2 rings (SSSR count). The zero-order valence-corrected chi connectivity index (χ0v) is 13.0. The summed E-state index contributed by atoms with van der Waals surface area (Å²) < 4.78 is 12.0. The molecule has 7 nitrogen and oxygen atoms in total. The van der Waals surface area contributed by atoms with Crippen molar-refractivity contribution in [1.29, 1.82) is 0 Å². The first-order chi connectivity index (χ1) is 11.0. The van der Waals surface area contributed by atoms with Crippen molar-refractivity contribution in [3.05, 3.63) is 62.6 Å². The molecule has 7 heteroatoms. The first kappa shape index (κ1) is 16.5. The third kappa shape index (κ3) is 4.32. The van der Waals surface area contributed by atoms with Crippen molar-refractivity contribution in [3.8, 4) is 11.5 Å². The highest BCUT2D eigenvalue weighted by molar-refractivity contribution is 5.35. The average Bonchev–Trinajstić information content (AvgIpc) is 2.53. The van der Waals surface area contributed by atoms with Crippen molar-refractivity contribution >= 4 is 5.69 Å². The maximum atomic E-state index is 11.8. The van der Waals surface area contributed by atoms with Crippen LogP contribution in [0.15, 0.2) is 41.3 Å². The molecular weight excluding hydrogens is 300 g/mol. The maximum Gasteiger partial charge on any atom is 0.288 e. The van der Waals surface area contributed by atoms with Crippen molar-refractivity contribution in [1.82, 2.24) is 4.57 Å². The Hall–Kier alpha value is -2.83. The van der Waals surface area contributed by atoms with E-state index in [4.69, 9.17) is 9.47 Å². The molecule has 0 bridgehead atoms. The zero-order chi connectivity index (χ0) is 16.8. The zero-order valence-electron chi connectivity index (χ0n) is 13.0. The number of benzene rings is 1. The number of pyridine rings is 1. The molecule has 0 fully saturated rings. The summed E-state index contributed by atoms with van der Waals surface area (Å²) in [5, 5.41) is 10.9. The second-order valence-electron chi connectivity index (χ2n) is 5.01. The van der Waals surface area contributed by atoms with Crippen LogP contribution in [0.25, 0.3) is 0 Å². The number of hydrogen-bond acceptors (Lipinski definition) is 5. The van der Waals surface area contributed by atoms with Crippen molar-refractivity contribution in [3.63, 3.8) is 0 Å². The molecule has 122 valence electrons. The molecule has 0 radical (unpaired) electrons. The molecule has 1 aromatic heterocycles. The van der Waals surface area contributed by atoms with E-state index in [1.807, 2.05) is 0 Å². The number of methoxy groups -OCH3 is 1. The van der Waals surface area contributed by atoms with E-state index < -0.39 is 4.92 Å². The van der Waals surface area contributed by atoms with Crippen LogP contribution in [-0.4, -0.2) is 23.2 Å². The molecule has 23 heavy (non-hydrogen) atoms. The lowest BCUT2D eigenvalue weighted by Crippen LogP contribution is -2.21. The number of nitrogens with zero attached hydrogens (tertiary/aromatic N) is 2. The normalized spacial score (nSPS) is 10.3. The topological polar surface area (TPSA) is 83.6 Å². The molecular formula is C16H18N2O5. The predicted octanol–water partition coefficient (Wildman–Crippen LogP) is 2.54. The molecule has 0 spiro atoms. The number of rotatable bonds is 7. The van der Waals surface area contributed by atoms with Crippen LogP contribution in [0.3, 0.4) is 0 Å². The van der Waals surface area contributed by atoms with Gasteiger partial charge in [0.25, 0.3) is 11.2 Å². The molecule has 0 atom stereocenters. The summed E-state index contributed by atoms with van der Waals surface area (Å²) in [6.45, 7) is 2.31. The summed E-state index contributed by atoms with van der Waals surface area (Å²) in [4.78, 5) is 22.3. The smallest absolute Gasteiger partial charge is 0.288 e. The summed E-state index contributed by atoms with van der Waals surface area (Å²) in [6, 6.07) is 8.46. The fourth-order valence-corrected chi connectivity index (χ4v) is 2.12. The average molecular weight is 318 g/mol. The number of aryl methyl sites for hydroxylation is 2. The van der Waals surface area contributed by atoms with Crippen molar-refractivity contribution < 1.29 is 14.4 Å². The van der Waals surface area contributed by atoms with Crippen molar-refractivity contribution in [2.75, 3.05) is 13.7 Å². The first-order valence-corrected chi connectivity index (χ1v) is 7.13. The molecule has 0 unspecified atom stereocenters. The second-order valence-corrected chi connectivity index (χ2v) is 5.01. The van der Waals surface area contributed by atoms with E-state index in [9.17, 15) is 14.9 Å². The van der Waals surface area contributed by atoms with E-state index in [2.05, 4.69) is 0 Å². The number of nitro groups is 1. The number of hydrogen-bond donors (Lipinski definition) is 0. The summed E-state index contributed by atoms with van der Waals surface area (Å²) in [5.41, 5.74) is 0.0592. The molecule has 2 aromatic rings. The van der Waals surface area contributed by atoms with Gasteiger partial charge in [0.15, 0.2) is 0 Å². The summed E-state index contributed by atoms with van der Waals surface area (Å²) in [5.74, 6) is 1.45. The van der Waals surface area contributed by atoms with E-state index in [1.54, 1.807) is 38.3 Å². The lowest BCUT2D eigenvalue weighted by atomic mass is 10.2. The van der Waals surface area contributed by atoms with Gasteiger partial charge in [-0.1, -0.05) is 0 Å². The van der Waals surface area contributed by atoms with E-state index >= 15 is 0 Å². The van der Waals surface area contributed by atoms with Crippen LogP contribution >= 0.6 is 0 Å². The van der Waals surface area contributed by atoms with Crippen LogP contribution < -0.4 is 15.0 Å². The summed E-state index contributed by atoms with van der Waals surface area (Å²) in [6.07, 6.45) is 1.84. The van der Waals surface area contributed by atoms with Crippen LogP contribution in [0, 0.1) is 17.0 Å². The predicted molar refractivity (Wildman–Crippen MR) is 85.2 cm³/mol. The first-order valence-electron chi connectivity index (χ1n) is 7.13. The molecule has 0 N–H and O–H groups in total. The quantitative estimate of drug-likeness (QED) is 0.445.